The largest absolute Gasteiger partial charge is 0.463 e. The van der Waals surface area contributed by atoms with Gasteiger partial charge in [-0.05, 0) is 23.6 Å². The summed E-state index contributed by atoms with van der Waals surface area (Å²) in [5, 5.41) is 0. The van der Waals surface area contributed by atoms with Crippen molar-refractivity contribution < 1.29 is 42.2 Å². The van der Waals surface area contributed by atoms with E-state index in [2.05, 4.69) is 6.07 Å². The van der Waals surface area contributed by atoms with Crippen LogP contribution in [0.25, 0.3) is 17.2 Å². The van der Waals surface area contributed by atoms with Crippen LogP contribution in [0.15, 0.2) is 54.6 Å². The average Bonchev–Trinajstić information content (AvgIpc) is 2.52. The first-order valence-corrected chi connectivity index (χ1v) is 6.71. The number of ether oxygens (including phenoxy) is 1. The minimum absolute atomic E-state index is 0. The fraction of sp³-hybridized carbons (Fsp3) is 0.167. The standard InChI is InChI=1S/C18H17O2.Y/c1-2-14-20-18(19)13-10-15-8-11-17(12-9-15)16-6-4-3-5-7-16;/h4-13H,2,14H2,1H3;/q-1;. The summed E-state index contributed by atoms with van der Waals surface area (Å²) in [6.45, 7) is 2.43. The van der Waals surface area contributed by atoms with E-state index in [9.17, 15) is 4.79 Å². The normalized spacial score (nSPS) is 10.1. The molecule has 2 nitrogen and oxygen atoms in total. The van der Waals surface area contributed by atoms with Gasteiger partial charge in [0.2, 0.25) is 0 Å². The Kier molecular flexibility index (Phi) is 8.18. The van der Waals surface area contributed by atoms with Gasteiger partial charge >= 0.3 is 5.97 Å². The minimum Gasteiger partial charge on any atom is -0.463 e. The number of carbonyl (C=O) groups is 1. The summed E-state index contributed by atoms with van der Waals surface area (Å²) in [7, 11) is 0. The van der Waals surface area contributed by atoms with E-state index in [1.807, 2.05) is 55.5 Å². The number of hydrogen-bond donors (Lipinski definition) is 0. The zero-order chi connectivity index (χ0) is 14.2. The third-order valence-corrected chi connectivity index (χ3v) is 2.82. The molecule has 1 radical (unpaired) electrons. The second kappa shape index (κ2) is 9.65. The molecule has 3 heteroatoms. The Morgan fingerprint density at radius 3 is 2.33 bits per heavy atom. The summed E-state index contributed by atoms with van der Waals surface area (Å²) in [5.41, 5.74) is 3.27. The quantitative estimate of drug-likeness (QED) is 0.459. The summed E-state index contributed by atoms with van der Waals surface area (Å²) in [5.74, 6) is -0.297. The van der Waals surface area contributed by atoms with E-state index < -0.39 is 0 Å². The van der Waals surface area contributed by atoms with Crippen molar-refractivity contribution in [3.63, 3.8) is 0 Å². The van der Waals surface area contributed by atoms with Gasteiger partial charge in [-0.2, -0.15) is 30.3 Å². The summed E-state index contributed by atoms with van der Waals surface area (Å²) in [6.07, 6.45) is 4.06. The van der Waals surface area contributed by atoms with Gasteiger partial charge in [0.25, 0.3) is 0 Å². The van der Waals surface area contributed by atoms with Gasteiger partial charge in [0.05, 0.1) is 6.61 Å². The SMILES string of the molecule is CCCOC(=O)C=Cc1ccc(-c2cc[c-]cc2)cc1.[Y]. The van der Waals surface area contributed by atoms with E-state index in [1.54, 1.807) is 6.08 Å². The van der Waals surface area contributed by atoms with Crippen LogP contribution in [-0.4, -0.2) is 12.6 Å². The minimum atomic E-state index is -0.297. The van der Waals surface area contributed by atoms with Gasteiger partial charge in [-0.1, -0.05) is 31.2 Å². The van der Waals surface area contributed by atoms with Crippen LogP contribution in [-0.2, 0) is 42.2 Å². The Bertz CT molecular complexity index is 574. The van der Waals surface area contributed by atoms with Gasteiger partial charge in [0.1, 0.15) is 0 Å². The number of rotatable bonds is 5. The van der Waals surface area contributed by atoms with Gasteiger partial charge in [0.15, 0.2) is 0 Å². The predicted molar refractivity (Wildman–Crippen MR) is 81.0 cm³/mol. The smallest absolute Gasteiger partial charge is 0.330 e. The van der Waals surface area contributed by atoms with Crippen LogP contribution < -0.4 is 0 Å². The van der Waals surface area contributed by atoms with Crippen molar-refractivity contribution in [2.24, 2.45) is 0 Å². The predicted octanol–water partition coefficient (Wildman–Crippen LogP) is 4.12. The van der Waals surface area contributed by atoms with Crippen molar-refractivity contribution >= 4 is 12.0 Å². The topological polar surface area (TPSA) is 26.3 Å². The first-order chi connectivity index (χ1) is 9.79. The Hall–Kier alpha value is -1.25. The number of esters is 1. The molecule has 105 valence electrons. The molecule has 0 saturated heterocycles. The fourth-order valence-corrected chi connectivity index (χ4v) is 1.78. The molecule has 21 heavy (non-hydrogen) atoms. The zero-order valence-corrected chi connectivity index (χ0v) is 14.9. The molecule has 0 atom stereocenters. The van der Waals surface area contributed by atoms with E-state index in [1.165, 1.54) is 6.08 Å². The van der Waals surface area contributed by atoms with Crippen LogP contribution in [0.5, 0.6) is 0 Å². The van der Waals surface area contributed by atoms with E-state index in [0.717, 1.165) is 23.1 Å². The molecule has 2 aromatic carbocycles. The third-order valence-electron chi connectivity index (χ3n) is 2.82. The van der Waals surface area contributed by atoms with Crippen LogP contribution in [0.2, 0.25) is 0 Å². The van der Waals surface area contributed by atoms with Crippen LogP contribution in [0, 0.1) is 6.07 Å². The van der Waals surface area contributed by atoms with Crippen molar-refractivity contribution in [2.75, 3.05) is 6.61 Å². The second-order valence-corrected chi connectivity index (χ2v) is 4.41. The van der Waals surface area contributed by atoms with Crippen molar-refractivity contribution in [3.05, 3.63) is 66.2 Å². The van der Waals surface area contributed by atoms with Crippen LogP contribution in [0.3, 0.4) is 0 Å². The molecule has 0 amide bonds. The molecule has 0 aromatic heterocycles. The molecule has 0 N–H and O–H groups in total. The molecule has 0 aliphatic carbocycles. The van der Waals surface area contributed by atoms with E-state index in [-0.39, 0.29) is 38.7 Å². The van der Waals surface area contributed by atoms with Crippen molar-refractivity contribution in [1.29, 1.82) is 0 Å². The Morgan fingerprint density at radius 1 is 1.10 bits per heavy atom. The zero-order valence-electron chi connectivity index (χ0n) is 12.1. The van der Waals surface area contributed by atoms with Crippen molar-refractivity contribution in [1.82, 2.24) is 0 Å². The average molecular weight is 354 g/mol. The van der Waals surface area contributed by atoms with Crippen molar-refractivity contribution in [3.8, 4) is 11.1 Å². The number of hydrogen-bond acceptors (Lipinski definition) is 2. The van der Waals surface area contributed by atoms with Crippen LogP contribution in [0.4, 0.5) is 0 Å². The molecule has 0 saturated carbocycles. The van der Waals surface area contributed by atoms with E-state index >= 15 is 0 Å². The summed E-state index contributed by atoms with van der Waals surface area (Å²) in [4.78, 5) is 11.4. The van der Waals surface area contributed by atoms with Gasteiger partial charge in [-0.3, -0.25) is 0 Å². The van der Waals surface area contributed by atoms with E-state index in [4.69, 9.17) is 4.74 Å². The molecule has 2 aromatic rings. The van der Waals surface area contributed by atoms with E-state index in [0.29, 0.717) is 6.61 Å². The molecular weight excluding hydrogens is 337 g/mol. The van der Waals surface area contributed by atoms with Crippen LogP contribution in [0.1, 0.15) is 18.9 Å². The fourth-order valence-electron chi connectivity index (χ4n) is 1.78. The van der Waals surface area contributed by atoms with Gasteiger partial charge in [0, 0.05) is 38.8 Å². The molecule has 0 fully saturated rings. The summed E-state index contributed by atoms with van der Waals surface area (Å²) < 4.78 is 4.98. The monoisotopic (exact) mass is 354 g/mol. The molecule has 0 heterocycles. The molecular formula is C18H17O2Y-. The Labute approximate surface area is 151 Å². The maximum absolute atomic E-state index is 11.4. The molecule has 0 aliphatic heterocycles. The maximum Gasteiger partial charge on any atom is 0.330 e. The number of benzene rings is 2. The van der Waals surface area contributed by atoms with Gasteiger partial charge < -0.3 is 4.74 Å². The van der Waals surface area contributed by atoms with Crippen LogP contribution >= 0.6 is 0 Å². The first-order valence-electron chi connectivity index (χ1n) is 6.71. The van der Waals surface area contributed by atoms with Gasteiger partial charge in [-0.15, -0.1) is 5.56 Å². The Morgan fingerprint density at radius 2 is 1.71 bits per heavy atom. The third kappa shape index (κ3) is 5.95. The molecule has 0 unspecified atom stereocenters. The maximum atomic E-state index is 11.4. The Balaban J connectivity index is 0.00000220. The van der Waals surface area contributed by atoms with Crippen molar-refractivity contribution in [2.45, 2.75) is 13.3 Å². The second-order valence-electron chi connectivity index (χ2n) is 4.41. The molecule has 0 spiro atoms. The summed E-state index contributed by atoms with van der Waals surface area (Å²) >= 11 is 0. The molecule has 2 rings (SSSR count). The molecule has 0 bridgehead atoms. The molecule has 0 aliphatic rings. The summed E-state index contributed by atoms with van der Waals surface area (Å²) in [6, 6.07) is 18.9. The first kappa shape index (κ1) is 17.8. The number of carbonyl (C=O) groups excluding carboxylic acids is 1. The van der Waals surface area contributed by atoms with Gasteiger partial charge in [-0.25, -0.2) is 4.79 Å².